The third-order valence-corrected chi connectivity index (χ3v) is 2.89. The summed E-state index contributed by atoms with van der Waals surface area (Å²) in [6, 6.07) is 7.92. The van der Waals surface area contributed by atoms with Gasteiger partial charge in [0.1, 0.15) is 5.82 Å². The number of anilines is 1. The first-order valence-electron chi connectivity index (χ1n) is 4.94. The van der Waals surface area contributed by atoms with Crippen LogP contribution in [0.3, 0.4) is 0 Å². The SMILES string of the molecule is Cc1nc(C)c(N)c(-c2ccc(Br)cc2)n1. The molecule has 16 heavy (non-hydrogen) atoms. The maximum absolute atomic E-state index is 5.98. The van der Waals surface area contributed by atoms with Crippen molar-refractivity contribution < 1.29 is 0 Å². The predicted octanol–water partition coefficient (Wildman–Crippen LogP) is 3.11. The number of nitrogens with two attached hydrogens (primary N) is 1. The third-order valence-electron chi connectivity index (χ3n) is 2.37. The first-order valence-corrected chi connectivity index (χ1v) is 5.74. The van der Waals surface area contributed by atoms with E-state index in [-0.39, 0.29) is 0 Å². The minimum atomic E-state index is 0.646. The molecule has 82 valence electrons. The van der Waals surface area contributed by atoms with Gasteiger partial charge in [0.25, 0.3) is 0 Å². The molecule has 0 saturated heterocycles. The molecular formula is C12H12BrN3. The molecule has 1 aromatic carbocycles. The van der Waals surface area contributed by atoms with E-state index in [1.807, 2.05) is 38.1 Å². The van der Waals surface area contributed by atoms with Gasteiger partial charge in [0.2, 0.25) is 0 Å². The van der Waals surface area contributed by atoms with Crippen LogP contribution in [0.1, 0.15) is 11.5 Å². The number of aromatic nitrogens is 2. The molecule has 0 aliphatic rings. The summed E-state index contributed by atoms with van der Waals surface area (Å²) in [7, 11) is 0. The van der Waals surface area contributed by atoms with E-state index in [4.69, 9.17) is 5.73 Å². The molecule has 2 rings (SSSR count). The monoisotopic (exact) mass is 277 g/mol. The molecule has 0 atom stereocenters. The van der Waals surface area contributed by atoms with E-state index in [1.165, 1.54) is 0 Å². The largest absolute Gasteiger partial charge is 0.395 e. The van der Waals surface area contributed by atoms with Gasteiger partial charge in [0, 0.05) is 10.0 Å². The molecule has 3 nitrogen and oxygen atoms in total. The van der Waals surface area contributed by atoms with Crippen LogP contribution in [-0.2, 0) is 0 Å². The van der Waals surface area contributed by atoms with Crippen molar-refractivity contribution in [2.75, 3.05) is 5.73 Å². The Morgan fingerprint density at radius 2 is 1.69 bits per heavy atom. The summed E-state index contributed by atoms with van der Waals surface area (Å²) in [5.41, 5.74) is 9.27. The zero-order valence-corrected chi connectivity index (χ0v) is 10.7. The number of nitrogens with zero attached hydrogens (tertiary/aromatic N) is 2. The number of nitrogen functional groups attached to an aromatic ring is 1. The quantitative estimate of drug-likeness (QED) is 0.872. The molecule has 0 unspecified atom stereocenters. The zero-order chi connectivity index (χ0) is 11.7. The molecule has 0 fully saturated rings. The second kappa shape index (κ2) is 4.22. The minimum Gasteiger partial charge on any atom is -0.395 e. The maximum atomic E-state index is 5.98. The van der Waals surface area contributed by atoms with Crippen molar-refractivity contribution >= 4 is 21.6 Å². The lowest BCUT2D eigenvalue weighted by Gasteiger charge is -2.08. The Kier molecular flexibility index (Phi) is 2.92. The molecule has 0 amide bonds. The number of aryl methyl sites for hydroxylation is 2. The Morgan fingerprint density at radius 3 is 2.31 bits per heavy atom. The molecule has 2 aromatic rings. The number of halogens is 1. The lowest BCUT2D eigenvalue weighted by molar-refractivity contribution is 1.02. The van der Waals surface area contributed by atoms with Crippen LogP contribution in [0, 0.1) is 13.8 Å². The Balaban J connectivity index is 2.59. The summed E-state index contributed by atoms with van der Waals surface area (Å²) >= 11 is 3.40. The molecule has 0 aliphatic carbocycles. The summed E-state index contributed by atoms with van der Waals surface area (Å²) in [5, 5.41) is 0. The normalized spacial score (nSPS) is 10.4. The third kappa shape index (κ3) is 2.07. The molecule has 0 radical (unpaired) electrons. The van der Waals surface area contributed by atoms with E-state index in [0.717, 1.165) is 27.2 Å². The van der Waals surface area contributed by atoms with Gasteiger partial charge in [-0.1, -0.05) is 28.1 Å². The average Bonchev–Trinajstić information content (AvgIpc) is 2.25. The van der Waals surface area contributed by atoms with Crippen molar-refractivity contribution in [3.63, 3.8) is 0 Å². The van der Waals surface area contributed by atoms with Crippen molar-refractivity contribution in [1.82, 2.24) is 9.97 Å². The van der Waals surface area contributed by atoms with Gasteiger partial charge in [-0.3, -0.25) is 0 Å². The highest BCUT2D eigenvalue weighted by Gasteiger charge is 2.08. The van der Waals surface area contributed by atoms with Crippen LogP contribution >= 0.6 is 15.9 Å². The highest BCUT2D eigenvalue weighted by atomic mass is 79.9. The molecule has 1 heterocycles. The highest BCUT2D eigenvalue weighted by Crippen LogP contribution is 2.26. The summed E-state index contributed by atoms with van der Waals surface area (Å²) in [6.45, 7) is 3.77. The van der Waals surface area contributed by atoms with Crippen molar-refractivity contribution in [2.24, 2.45) is 0 Å². The summed E-state index contributed by atoms with van der Waals surface area (Å²) < 4.78 is 1.04. The van der Waals surface area contributed by atoms with Gasteiger partial charge in [0.15, 0.2) is 0 Å². The second-order valence-corrected chi connectivity index (χ2v) is 4.54. The van der Waals surface area contributed by atoms with Gasteiger partial charge >= 0.3 is 0 Å². The Labute approximate surface area is 103 Å². The van der Waals surface area contributed by atoms with Crippen molar-refractivity contribution in [1.29, 1.82) is 0 Å². The van der Waals surface area contributed by atoms with Crippen LogP contribution < -0.4 is 5.73 Å². The van der Waals surface area contributed by atoms with E-state index in [9.17, 15) is 0 Å². The summed E-state index contributed by atoms with van der Waals surface area (Å²) in [5.74, 6) is 0.740. The van der Waals surface area contributed by atoms with E-state index in [1.54, 1.807) is 0 Å². The smallest absolute Gasteiger partial charge is 0.126 e. The van der Waals surface area contributed by atoms with Crippen molar-refractivity contribution in [3.05, 3.63) is 40.3 Å². The first kappa shape index (κ1) is 11.1. The van der Waals surface area contributed by atoms with E-state index >= 15 is 0 Å². The molecule has 0 bridgehead atoms. The number of hydrogen-bond donors (Lipinski definition) is 1. The molecular weight excluding hydrogens is 266 g/mol. The minimum absolute atomic E-state index is 0.646. The van der Waals surface area contributed by atoms with E-state index in [2.05, 4.69) is 25.9 Å². The first-order chi connectivity index (χ1) is 7.58. The molecule has 0 aliphatic heterocycles. The Morgan fingerprint density at radius 1 is 1.06 bits per heavy atom. The molecule has 4 heteroatoms. The molecule has 0 saturated carbocycles. The summed E-state index contributed by atoms with van der Waals surface area (Å²) in [4.78, 5) is 8.61. The van der Waals surface area contributed by atoms with Crippen LogP contribution in [-0.4, -0.2) is 9.97 Å². The van der Waals surface area contributed by atoms with Gasteiger partial charge in [-0.15, -0.1) is 0 Å². The lowest BCUT2D eigenvalue weighted by Crippen LogP contribution is -2.02. The van der Waals surface area contributed by atoms with Gasteiger partial charge in [-0.25, -0.2) is 9.97 Å². The lowest BCUT2D eigenvalue weighted by atomic mass is 10.1. The zero-order valence-electron chi connectivity index (χ0n) is 9.16. The Bertz CT molecular complexity index is 521. The molecule has 2 N–H and O–H groups in total. The fourth-order valence-electron chi connectivity index (χ4n) is 1.55. The van der Waals surface area contributed by atoms with Crippen LogP contribution in [0.15, 0.2) is 28.7 Å². The molecule has 0 spiro atoms. The summed E-state index contributed by atoms with van der Waals surface area (Å²) in [6.07, 6.45) is 0. The fourth-order valence-corrected chi connectivity index (χ4v) is 1.81. The second-order valence-electron chi connectivity index (χ2n) is 3.63. The standard InChI is InChI=1S/C12H12BrN3/c1-7-11(14)12(16-8(2)15-7)9-3-5-10(13)6-4-9/h3-6H,14H2,1-2H3. The van der Waals surface area contributed by atoms with Gasteiger partial charge in [-0.05, 0) is 26.0 Å². The van der Waals surface area contributed by atoms with Gasteiger partial charge in [0.05, 0.1) is 17.1 Å². The van der Waals surface area contributed by atoms with Crippen molar-refractivity contribution in [2.45, 2.75) is 13.8 Å². The number of rotatable bonds is 1. The van der Waals surface area contributed by atoms with Crippen LogP contribution in [0.5, 0.6) is 0 Å². The van der Waals surface area contributed by atoms with Crippen LogP contribution in [0.25, 0.3) is 11.3 Å². The van der Waals surface area contributed by atoms with Gasteiger partial charge < -0.3 is 5.73 Å². The van der Waals surface area contributed by atoms with E-state index in [0.29, 0.717) is 5.69 Å². The Hall–Kier alpha value is -1.42. The number of hydrogen-bond acceptors (Lipinski definition) is 3. The highest BCUT2D eigenvalue weighted by molar-refractivity contribution is 9.10. The molecule has 1 aromatic heterocycles. The average molecular weight is 278 g/mol. The predicted molar refractivity (Wildman–Crippen MR) is 69.1 cm³/mol. The van der Waals surface area contributed by atoms with E-state index < -0.39 is 0 Å². The van der Waals surface area contributed by atoms with Crippen LogP contribution in [0.2, 0.25) is 0 Å². The topological polar surface area (TPSA) is 51.8 Å². The van der Waals surface area contributed by atoms with Crippen LogP contribution in [0.4, 0.5) is 5.69 Å². The van der Waals surface area contributed by atoms with Gasteiger partial charge in [-0.2, -0.15) is 0 Å². The van der Waals surface area contributed by atoms with Crippen molar-refractivity contribution in [3.8, 4) is 11.3 Å². The maximum Gasteiger partial charge on any atom is 0.126 e. The fraction of sp³-hybridized carbons (Fsp3) is 0.167. The number of benzene rings is 1.